The maximum absolute atomic E-state index is 12.4. The van der Waals surface area contributed by atoms with Gasteiger partial charge in [0, 0.05) is 6.54 Å². The number of rotatable bonds is 7. The lowest BCUT2D eigenvalue weighted by molar-refractivity contribution is -0.120. The van der Waals surface area contributed by atoms with Gasteiger partial charge in [0.2, 0.25) is 5.91 Å². The van der Waals surface area contributed by atoms with Gasteiger partial charge in [0.15, 0.2) is 0 Å². The number of para-hydroxylation sites is 1. The molecule has 1 unspecified atom stereocenters. The van der Waals surface area contributed by atoms with Crippen molar-refractivity contribution in [1.82, 2.24) is 4.90 Å². The molecule has 4 nitrogen and oxygen atoms in total. The molecule has 1 amide bonds. The van der Waals surface area contributed by atoms with Gasteiger partial charge in [0.05, 0.1) is 16.8 Å². The molecule has 0 saturated heterocycles. The Kier molecular flexibility index (Phi) is 6.73. The van der Waals surface area contributed by atoms with Crippen molar-refractivity contribution in [2.75, 3.05) is 12.4 Å². The fraction of sp³-hybridized carbons (Fsp3) is 0.278. The van der Waals surface area contributed by atoms with Crippen LogP contribution < -0.4 is 10.1 Å². The third kappa shape index (κ3) is 5.69. The van der Waals surface area contributed by atoms with Crippen molar-refractivity contribution in [3.8, 4) is 5.75 Å². The quantitative estimate of drug-likeness (QED) is 0.787. The molecule has 2 rings (SSSR count). The predicted molar refractivity (Wildman–Crippen MR) is 94.1 cm³/mol. The number of hydrogen-bond donors (Lipinski definition) is 1. The smallest absolute Gasteiger partial charge is 0.387 e. The van der Waals surface area contributed by atoms with Gasteiger partial charge in [-0.2, -0.15) is 8.78 Å². The largest absolute Gasteiger partial charge is 0.435 e. The summed E-state index contributed by atoms with van der Waals surface area (Å²) in [6.45, 7) is -0.589. The van der Waals surface area contributed by atoms with E-state index in [2.05, 4.69) is 10.1 Å². The van der Waals surface area contributed by atoms with Gasteiger partial charge in [-0.1, -0.05) is 35.9 Å². The number of ether oxygens (including phenoxy) is 1. The number of carbonyl (C=O) groups is 1. The zero-order valence-electron chi connectivity index (χ0n) is 13.9. The molecule has 25 heavy (non-hydrogen) atoms. The van der Waals surface area contributed by atoms with Crippen LogP contribution in [-0.4, -0.2) is 30.5 Å². The Hall–Kier alpha value is -2.18. The maximum atomic E-state index is 12.4. The molecule has 0 fully saturated rings. The molecule has 7 heteroatoms. The van der Waals surface area contributed by atoms with E-state index < -0.39 is 12.7 Å². The van der Waals surface area contributed by atoms with Crippen LogP contribution in [0.1, 0.15) is 12.5 Å². The molecule has 0 aliphatic rings. The van der Waals surface area contributed by atoms with Crippen LogP contribution >= 0.6 is 11.6 Å². The van der Waals surface area contributed by atoms with Gasteiger partial charge in [0.25, 0.3) is 0 Å². The molecule has 0 bridgehead atoms. The number of anilines is 1. The monoisotopic (exact) mass is 368 g/mol. The minimum absolute atomic E-state index is 0.103. The Morgan fingerprint density at radius 3 is 2.44 bits per heavy atom. The van der Waals surface area contributed by atoms with E-state index in [0.29, 0.717) is 17.3 Å². The van der Waals surface area contributed by atoms with Crippen LogP contribution in [0.2, 0.25) is 5.02 Å². The van der Waals surface area contributed by atoms with Crippen molar-refractivity contribution in [3.05, 3.63) is 59.1 Å². The summed E-state index contributed by atoms with van der Waals surface area (Å²) in [6.07, 6.45) is 0. The minimum atomic E-state index is -2.85. The van der Waals surface area contributed by atoms with Crippen LogP contribution in [0.4, 0.5) is 14.5 Å². The second-order valence-electron chi connectivity index (χ2n) is 5.58. The number of alkyl halides is 2. The zero-order chi connectivity index (χ0) is 18.4. The summed E-state index contributed by atoms with van der Waals surface area (Å²) in [5.41, 5.74) is 1.43. The van der Waals surface area contributed by atoms with Crippen molar-refractivity contribution in [3.63, 3.8) is 0 Å². The number of nitrogens with zero attached hydrogens (tertiary/aromatic N) is 1. The van der Waals surface area contributed by atoms with Gasteiger partial charge < -0.3 is 10.1 Å². The Balaban J connectivity index is 1.94. The fourth-order valence-electron chi connectivity index (χ4n) is 2.20. The van der Waals surface area contributed by atoms with E-state index in [1.807, 2.05) is 4.90 Å². The van der Waals surface area contributed by atoms with Crippen molar-refractivity contribution in [2.24, 2.45) is 0 Å². The van der Waals surface area contributed by atoms with Crippen LogP contribution in [0.5, 0.6) is 5.75 Å². The second kappa shape index (κ2) is 8.78. The first-order valence-electron chi connectivity index (χ1n) is 7.66. The summed E-state index contributed by atoms with van der Waals surface area (Å²) in [7, 11) is 1.81. The highest BCUT2D eigenvalue weighted by atomic mass is 35.5. The Morgan fingerprint density at radius 1 is 1.20 bits per heavy atom. The summed E-state index contributed by atoms with van der Waals surface area (Å²) < 4.78 is 28.6. The lowest BCUT2D eigenvalue weighted by Gasteiger charge is -2.24. The number of benzene rings is 2. The van der Waals surface area contributed by atoms with Gasteiger partial charge in [-0.25, -0.2) is 0 Å². The maximum Gasteiger partial charge on any atom is 0.387 e. The summed E-state index contributed by atoms with van der Waals surface area (Å²) in [5.74, 6) is -0.0841. The Bertz CT molecular complexity index is 710. The molecule has 0 saturated carbocycles. The minimum Gasteiger partial charge on any atom is -0.435 e. The van der Waals surface area contributed by atoms with E-state index in [-0.39, 0.29) is 11.7 Å². The molecular weight excluding hydrogens is 350 g/mol. The van der Waals surface area contributed by atoms with E-state index in [9.17, 15) is 13.6 Å². The van der Waals surface area contributed by atoms with Crippen molar-refractivity contribution >= 4 is 23.2 Å². The lowest BCUT2D eigenvalue weighted by Crippen LogP contribution is -2.39. The number of nitrogens with one attached hydrogen (secondary N) is 1. The SMILES string of the molecule is CC(C(=O)Nc1ccccc1Cl)N(C)Cc1ccc(OC(F)F)cc1. The van der Waals surface area contributed by atoms with Gasteiger partial charge in [-0.05, 0) is 43.8 Å². The number of likely N-dealkylation sites (N-methyl/N-ethyl adjacent to an activating group) is 1. The molecule has 0 heterocycles. The van der Waals surface area contributed by atoms with Crippen LogP contribution in [0.25, 0.3) is 0 Å². The van der Waals surface area contributed by atoms with E-state index >= 15 is 0 Å². The Labute approximate surface area is 150 Å². The van der Waals surface area contributed by atoms with Crippen molar-refractivity contribution in [2.45, 2.75) is 26.1 Å². The first-order chi connectivity index (χ1) is 11.9. The molecule has 134 valence electrons. The molecule has 2 aromatic rings. The number of amides is 1. The highest BCUT2D eigenvalue weighted by Crippen LogP contribution is 2.21. The number of hydrogen-bond acceptors (Lipinski definition) is 3. The van der Waals surface area contributed by atoms with E-state index in [1.165, 1.54) is 12.1 Å². The molecule has 1 atom stereocenters. The van der Waals surface area contributed by atoms with Gasteiger partial charge in [-0.15, -0.1) is 0 Å². The average Bonchev–Trinajstić information content (AvgIpc) is 2.57. The fourth-order valence-corrected chi connectivity index (χ4v) is 2.38. The number of carbonyl (C=O) groups excluding carboxylic acids is 1. The highest BCUT2D eigenvalue weighted by Gasteiger charge is 2.19. The molecule has 0 spiro atoms. The third-order valence-electron chi connectivity index (χ3n) is 3.75. The van der Waals surface area contributed by atoms with E-state index in [0.717, 1.165) is 5.56 Å². The van der Waals surface area contributed by atoms with Crippen molar-refractivity contribution < 1.29 is 18.3 Å². The molecule has 0 radical (unpaired) electrons. The summed E-state index contributed by atoms with van der Waals surface area (Å²) in [5, 5.41) is 3.26. The van der Waals surface area contributed by atoms with Crippen molar-refractivity contribution in [1.29, 1.82) is 0 Å². The molecular formula is C18H19ClF2N2O2. The first-order valence-corrected chi connectivity index (χ1v) is 8.04. The molecule has 0 aliphatic carbocycles. The third-order valence-corrected chi connectivity index (χ3v) is 4.08. The van der Waals surface area contributed by atoms with Gasteiger partial charge in [0.1, 0.15) is 5.75 Å². The van der Waals surface area contributed by atoms with Crippen LogP contribution in [0.15, 0.2) is 48.5 Å². The van der Waals surface area contributed by atoms with Gasteiger partial charge >= 0.3 is 6.61 Å². The number of halogens is 3. The predicted octanol–water partition coefficient (Wildman–Crippen LogP) is 4.40. The van der Waals surface area contributed by atoms with Crippen LogP contribution in [-0.2, 0) is 11.3 Å². The molecule has 1 N–H and O–H groups in total. The van der Waals surface area contributed by atoms with E-state index in [1.54, 1.807) is 50.4 Å². The topological polar surface area (TPSA) is 41.6 Å². The lowest BCUT2D eigenvalue weighted by atomic mass is 10.1. The zero-order valence-corrected chi connectivity index (χ0v) is 14.6. The summed E-state index contributed by atoms with van der Waals surface area (Å²) >= 11 is 6.04. The van der Waals surface area contributed by atoms with E-state index in [4.69, 9.17) is 11.6 Å². The Morgan fingerprint density at radius 2 is 1.84 bits per heavy atom. The van der Waals surface area contributed by atoms with Gasteiger partial charge in [-0.3, -0.25) is 9.69 Å². The van der Waals surface area contributed by atoms with Crippen LogP contribution in [0, 0.1) is 0 Å². The normalized spacial score (nSPS) is 12.3. The average molecular weight is 369 g/mol. The van der Waals surface area contributed by atoms with Crippen LogP contribution in [0.3, 0.4) is 0 Å². The standard InChI is InChI=1S/C18H19ClF2N2O2/c1-12(17(24)22-16-6-4-3-5-15(16)19)23(2)11-13-7-9-14(10-8-13)25-18(20)21/h3-10,12,18H,11H2,1-2H3,(H,22,24). The highest BCUT2D eigenvalue weighted by molar-refractivity contribution is 6.33. The summed E-state index contributed by atoms with van der Waals surface area (Å²) in [6, 6.07) is 12.9. The first kappa shape index (κ1) is 19.1. The summed E-state index contributed by atoms with van der Waals surface area (Å²) in [4.78, 5) is 14.2. The molecule has 2 aromatic carbocycles. The second-order valence-corrected chi connectivity index (χ2v) is 5.99. The molecule has 0 aliphatic heterocycles. The molecule has 0 aromatic heterocycles.